The minimum Gasteiger partial charge on any atom is -0.497 e. The summed E-state index contributed by atoms with van der Waals surface area (Å²) < 4.78 is 11.8. The van der Waals surface area contributed by atoms with Crippen LogP contribution < -0.4 is 9.47 Å². The maximum atomic E-state index is 9.76. The van der Waals surface area contributed by atoms with Gasteiger partial charge in [-0.1, -0.05) is 0 Å². The van der Waals surface area contributed by atoms with Gasteiger partial charge in [0.25, 0.3) is 0 Å². The minimum absolute atomic E-state index is 0.333. The fourth-order valence-corrected chi connectivity index (χ4v) is 1.99. The molecule has 0 radical (unpaired) electrons. The van der Waals surface area contributed by atoms with Gasteiger partial charge in [0.1, 0.15) is 18.1 Å². The van der Waals surface area contributed by atoms with Crippen molar-refractivity contribution in [3.8, 4) is 11.5 Å². The Morgan fingerprint density at radius 1 is 1.30 bits per heavy atom. The Balaban J connectivity index is 2.16. The van der Waals surface area contributed by atoms with Crippen molar-refractivity contribution in [3.63, 3.8) is 0 Å². The maximum absolute atomic E-state index is 9.76. The number of hydrogen-bond donors (Lipinski definition) is 1. The van der Waals surface area contributed by atoms with Crippen LogP contribution in [-0.4, -0.2) is 17.2 Å². The zero-order chi connectivity index (χ0) is 14.5. The number of hydrogen-bond acceptors (Lipinski definition) is 4. The molecule has 1 atom stereocenters. The average Bonchev–Trinajstić information content (AvgIpc) is 2.46. The van der Waals surface area contributed by atoms with Gasteiger partial charge in [-0.25, -0.2) is 0 Å². The van der Waals surface area contributed by atoms with Crippen LogP contribution in [-0.2, 0) is 6.61 Å². The first-order chi connectivity index (χ1) is 9.60. The van der Waals surface area contributed by atoms with E-state index >= 15 is 0 Å². The number of aromatic nitrogens is 1. The highest BCUT2D eigenvalue weighted by Gasteiger charge is 2.11. The number of aliphatic hydroxyl groups excluding tert-OH is 1. The molecule has 5 heteroatoms. The molecule has 1 aromatic heterocycles. The molecule has 0 aliphatic carbocycles. The van der Waals surface area contributed by atoms with Crippen LogP contribution in [0, 0.1) is 0 Å². The highest BCUT2D eigenvalue weighted by Crippen LogP contribution is 2.30. The zero-order valence-corrected chi connectivity index (χ0v) is 12.9. The van der Waals surface area contributed by atoms with E-state index in [9.17, 15) is 5.11 Å². The number of aliphatic hydroxyl groups is 1. The molecule has 0 unspecified atom stereocenters. The summed E-state index contributed by atoms with van der Waals surface area (Å²) >= 11 is 3.34. The molecule has 1 N–H and O–H groups in total. The van der Waals surface area contributed by atoms with E-state index in [0.29, 0.717) is 18.1 Å². The summed E-state index contributed by atoms with van der Waals surface area (Å²) in [6.07, 6.45) is 1.12. The number of ether oxygens (including phenoxy) is 2. The Hall–Kier alpha value is -1.59. The lowest BCUT2D eigenvalue weighted by molar-refractivity contribution is 0.189. The highest BCUT2D eigenvalue weighted by molar-refractivity contribution is 9.10. The molecule has 0 saturated carbocycles. The number of pyridine rings is 1. The third kappa shape index (κ3) is 3.71. The van der Waals surface area contributed by atoms with E-state index in [2.05, 4.69) is 20.9 Å². The SMILES string of the molecule is COc1ccc([C@@H](C)O)c(OCc2ccc(Br)cn2)c1. The fraction of sp³-hybridized carbons (Fsp3) is 0.267. The molecule has 20 heavy (non-hydrogen) atoms. The summed E-state index contributed by atoms with van der Waals surface area (Å²) in [5, 5.41) is 9.76. The van der Waals surface area contributed by atoms with Gasteiger partial charge in [0.2, 0.25) is 0 Å². The van der Waals surface area contributed by atoms with Gasteiger partial charge in [0.05, 0.1) is 18.9 Å². The normalized spacial score (nSPS) is 12.0. The monoisotopic (exact) mass is 337 g/mol. The standard InChI is InChI=1S/C15H16BrNO3/c1-10(18)14-6-5-13(19-2)7-15(14)20-9-12-4-3-11(16)8-17-12/h3-8,10,18H,9H2,1-2H3/t10-/m1/s1. The Bertz CT molecular complexity index is 570. The van der Waals surface area contributed by atoms with Crippen LogP contribution in [0.25, 0.3) is 0 Å². The molecule has 1 heterocycles. The van der Waals surface area contributed by atoms with E-state index in [-0.39, 0.29) is 0 Å². The summed E-state index contributed by atoms with van der Waals surface area (Å²) in [6.45, 7) is 2.03. The number of benzene rings is 1. The van der Waals surface area contributed by atoms with Crippen LogP contribution >= 0.6 is 15.9 Å². The van der Waals surface area contributed by atoms with Crippen molar-refractivity contribution in [3.05, 3.63) is 52.3 Å². The molecule has 0 amide bonds. The summed E-state index contributed by atoms with van der Waals surface area (Å²) in [4.78, 5) is 4.24. The van der Waals surface area contributed by atoms with Crippen molar-refractivity contribution < 1.29 is 14.6 Å². The van der Waals surface area contributed by atoms with Crippen molar-refractivity contribution in [1.82, 2.24) is 4.98 Å². The summed E-state index contributed by atoms with van der Waals surface area (Å²) in [5.41, 5.74) is 1.54. The quantitative estimate of drug-likeness (QED) is 0.907. The average molecular weight is 338 g/mol. The molecular weight excluding hydrogens is 322 g/mol. The summed E-state index contributed by atoms with van der Waals surface area (Å²) in [7, 11) is 1.59. The van der Waals surface area contributed by atoms with Crippen LogP contribution in [0.2, 0.25) is 0 Å². The van der Waals surface area contributed by atoms with Crippen molar-refractivity contribution in [2.45, 2.75) is 19.6 Å². The van der Waals surface area contributed by atoms with Crippen LogP contribution in [0.1, 0.15) is 24.3 Å². The van der Waals surface area contributed by atoms with E-state index in [4.69, 9.17) is 9.47 Å². The summed E-state index contributed by atoms with van der Waals surface area (Å²) in [6, 6.07) is 9.15. The van der Waals surface area contributed by atoms with Gasteiger partial charge in [-0.05, 0) is 47.1 Å². The van der Waals surface area contributed by atoms with E-state index in [0.717, 1.165) is 15.7 Å². The topological polar surface area (TPSA) is 51.6 Å². The molecule has 0 aliphatic rings. The Morgan fingerprint density at radius 2 is 2.10 bits per heavy atom. The number of halogens is 1. The van der Waals surface area contributed by atoms with Crippen molar-refractivity contribution in [2.75, 3.05) is 7.11 Å². The van der Waals surface area contributed by atoms with E-state index in [1.807, 2.05) is 12.1 Å². The van der Waals surface area contributed by atoms with Gasteiger partial charge in [-0.15, -0.1) is 0 Å². The molecule has 0 saturated heterocycles. The first-order valence-corrected chi connectivity index (χ1v) is 6.98. The zero-order valence-electron chi connectivity index (χ0n) is 11.3. The van der Waals surface area contributed by atoms with Gasteiger partial charge in [-0.2, -0.15) is 0 Å². The summed E-state index contributed by atoms with van der Waals surface area (Å²) in [5.74, 6) is 1.29. The largest absolute Gasteiger partial charge is 0.497 e. The number of rotatable bonds is 5. The Kier molecular flexibility index (Phi) is 4.98. The van der Waals surface area contributed by atoms with Crippen molar-refractivity contribution in [2.24, 2.45) is 0 Å². The lowest BCUT2D eigenvalue weighted by Gasteiger charge is -2.14. The molecular formula is C15H16BrNO3. The first-order valence-electron chi connectivity index (χ1n) is 6.19. The van der Waals surface area contributed by atoms with Crippen molar-refractivity contribution in [1.29, 1.82) is 0 Å². The van der Waals surface area contributed by atoms with Crippen LogP contribution in [0.4, 0.5) is 0 Å². The molecule has 106 valence electrons. The Morgan fingerprint density at radius 3 is 2.70 bits per heavy atom. The maximum Gasteiger partial charge on any atom is 0.130 e. The predicted molar refractivity (Wildman–Crippen MR) is 79.9 cm³/mol. The molecule has 1 aromatic carbocycles. The van der Waals surface area contributed by atoms with Crippen LogP contribution in [0.15, 0.2) is 41.0 Å². The lowest BCUT2D eigenvalue weighted by Crippen LogP contribution is -2.02. The predicted octanol–water partition coefficient (Wildman–Crippen LogP) is 3.49. The third-order valence-electron chi connectivity index (χ3n) is 2.84. The minimum atomic E-state index is -0.603. The van der Waals surface area contributed by atoms with E-state index in [1.54, 1.807) is 38.4 Å². The van der Waals surface area contributed by atoms with Gasteiger partial charge in [0, 0.05) is 22.3 Å². The smallest absolute Gasteiger partial charge is 0.130 e. The van der Waals surface area contributed by atoms with Gasteiger partial charge in [-0.3, -0.25) is 4.98 Å². The molecule has 2 aromatic rings. The Labute approximate surface area is 126 Å². The second kappa shape index (κ2) is 6.72. The molecule has 0 fully saturated rings. The molecule has 2 rings (SSSR count). The van der Waals surface area contributed by atoms with Gasteiger partial charge < -0.3 is 14.6 Å². The van der Waals surface area contributed by atoms with Crippen LogP contribution in [0.3, 0.4) is 0 Å². The second-order valence-electron chi connectivity index (χ2n) is 4.34. The van der Waals surface area contributed by atoms with Crippen molar-refractivity contribution >= 4 is 15.9 Å². The second-order valence-corrected chi connectivity index (χ2v) is 5.25. The molecule has 0 aliphatic heterocycles. The molecule has 0 spiro atoms. The lowest BCUT2D eigenvalue weighted by atomic mass is 10.1. The van der Waals surface area contributed by atoms with Gasteiger partial charge >= 0.3 is 0 Å². The number of methoxy groups -OCH3 is 1. The third-order valence-corrected chi connectivity index (χ3v) is 3.30. The van der Waals surface area contributed by atoms with E-state index < -0.39 is 6.10 Å². The molecule has 4 nitrogen and oxygen atoms in total. The van der Waals surface area contributed by atoms with Crippen LogP contribution in [0.5, 0.6) is 11.5 Å². The fourth-order valence-electron chi connectivity index (χ4n) is 1.76. The molecule has 0 bridgehead atoms. The first kappa shape index (κ1) is 14.8. The van der Waals surface area contributed by atoms with E-state index in [1.165, 1.54) is 0 Å². The highest BCUT2D eigenvalue weighted by atomic mass is 79.9. The van der Waals surface area contributed by atoms with Gasteiger partial charge in [0.15, 0.2) is 0 Å². The number of nitrogens with zero attached hydrogens (tertiary/aromatic N) is 1.